The largest absolute Gasteiger partial charge is 0.497 e. The van der Waals surface area contributed by atoms with Crippen LogP contribution in [0.2, 0.25) is 5.02 Å². The Hall–Kier alpha value is -2.40. The molecule has 0 aliphatic carbocycles. The summed E-state index contributed by atoms with van der Waals surface area (Å²) in [5, 5.41) is 15.4. The normalized spacial score (nSPS) is 11.2. The maximum Gasteiger partial charge on any atom is 0.170 e. The molecule has 0 atom stereocenters. The van der Waals surface area contributed by atoms with Crippen LogP contribution in [0.25, 0.3) is 0 Å². The highest BCUT2D eigenvalue weighted by Gasteiger charge is 2.05. The van der Waals surface area contributed by atoms with E-state index in [0.717, 1.165) is 17.0 Å². The Balaban J connectivity index is 2.09. The summed E-state index contributed by atoms with van der Waals surface area (Å²) in [6, 6.07) is 12.9. The summed E-state index contributed by atoms with van der Waals surface area (Å²) in [6.45, 7) is 0.558. The van der Waals surface area contributed by atoms with Gasteiger partial charge in [-0.15, -0.1) is 0 Å². The monoisotopic (exact) mass is 305 g/mol. The summed E-state index contributed by atoms with van der Waals surface area (Å²) in [6.07, 6.45) is 0. The first kappa shape index (κ1) is 15.0. The van der Waals surface area contributed by atoms with Gasteiger partial charge in [-0.3, -0.25) is 0 Å². The highest BCUT2D eigenvalue weighted by atomic mass is 35.5. The average molecular weight is 306 g/mol. The maximum absolute atomic E-state index is 8.65. The van der Waals surface area contributed by atoms with Gasteiger partial charge in [-0.2, -0.15) is 0 Å². The van der Waals surface area contributed by atoms with E-state index in [1.54, 1.807) is 19.2 Å². The van der Waals surface area contributed by atoms with Gasteiger partial charge in [0.25, 0.3) is 0 Å². The summed E-state index contributed by atoms with van der Waals surface area (Å²) in [7, 11) is 1.63. The Morgan fingerprint density at radius 1 is 1.33 bits per heavy atom. The van der Waals surface area contributed by atoms with Crippen molar-refractivity contribution in [3.8, 4) is 5.75 Å². The van der Waals surface area contributed by atoms with Crippen molar-refractivity contribution < 1.29 is 9.94 Å². The molecule has 0 aromatic heterocycles. The molecule has 4 N–H and O–H groups in total. The number of methoxy groups -OCH3 is 1. The van der Waals surface area contributed by atoms with Gasteiger partial charge < -0.3 is 21.0 Å². The van der Waals surface area contributed by atoms with Crippen LogP contribution in [0.15, 0.2) is 47.6 Å². The first-order chi connectivity index (χ1) is 10.1. The molecule has 5 nitrogen and oxygen atoms in total. The molecule has 0 fully saturated rings. The van der Waals surface area contributed by atoms with E-state index in [1.165, 1.54) is 0 Å². The molecule has 110 valence electrons. The Bertz CT molecular complexity index is 659. The smallest absolute Gasteiger partial charge is 0.170 e. The second kappa shape index (κ2) is 6.85. The van der Waals surface area contributed by atoms with Gasteiger partial charge in [0, 0.05) is 28.9 Å². The highest BCUT2D eigenvalue weighted by Crippen LogP contribution is 2.21. The van der Waals surface area contributed by atoms with Crippen molar-refractivity contribution in [1.29, 1.82) is 0 Å². The van der Waals surface area contributed by atoms with E-state index in [9.17, 15) is 0 Å². The van der Waals surface area contributed by atoms with E-state index in [4.69, 9.17) is 27.3 Å². The number of anilines is 1. The number of nitrogens with two attached hydrogens (primary N) is 1. The Morgan fingerprint density at radius 2 is 2.14 bits per heavy atom. The summed E-state index contributed by atoms with van der Waals surface area (Å²) in [5.41, 5.74) is 7.95. The summed E-state index contributed by atoms with van der Waals surface area (Å²) in [5.74, 6) is 0.817. The molecule has 0 saturated carbocycles. The van der Waals surface area contributed by atoms with Crippen LogP contribution in [-0.4, -0.2) is 18.2 Å². The van der Waals surface area contributed by atoms with E-state index >= 15 is 0 Å². The molecule has 0 heterocycles. The van der Waals surface area contributed by atoms with Gasteiger partial charge in [0.15, 0.2) is 5.84 Å². The van der Waals surface area contributed by atoms with Crippen molar-refractivity contribution in [1.82, 2.24) is 0 Å². The van der Waals surface area contributed by atoms with Gasteiger partial charge >= 0.3 is 0 Å². The van der Waals surface area contributed by atoms with Gasteiger partial charge in [-0.25, -0.2) is 0 Å². The number of oxime groups is 1. The fourth-order valence-electron chi connectivity index (χ4n) is 1.84. The number of halogens is 1. The van der Waals surface area contributed by atoms with E-state index < -0.39 is 0 Å². The molecule has 0 unspecified atom stereocenters. The zero-order valence-corrected chi connectivity index (χ0v) is 12.3. The Kier molecular flexibility index (Phi) is 4.90. The molecular formula is C15H16ClN3O2. The van der Waals surface area contributed by atoms with Gasteiger partial charge in [-0.1, -0.05) is 35.0 Å². The Morgan fingerprint density at radius 3 is 2.81 bits per heavy atom. The number of ether oxygens (including phenoxy) is 1. The third-order valence-electron chi connectivity index (χ3n) is 3.01. The fraction of sp³-hybridized carbons (Fsp3) is 0.133. The molecule has 6 heteroatoms. The molecule has 0 spiro atoms. The minimum Gasteiger partial charge on any atom is -0.497 e. The summed E-state index contributed by atoms with van der Waals surface area (Å²) >= 11 is 6.20. The highest BCUT2D eigenvalue weighted by molar-refractivity contribution is 6.31. The van der Waals surface area contributed by atoms with Crippen LogP contribution >= 0.6 is 11.6 Å². The van der Waals surface area contributed by atoms with Crippen LogP contribution in [0.5, 0.6) is 5.75 Å². The average Bonchev–Trinajstić information content (AvgIpc) is 2.53. The molecule has 2 aromatic carbocycles. The number of hydrogen-bond acceptors (Lipinski definition) is 4. The maximum atomic E-state index is 8.65. The number of rotatable bonds is 5. The molecule has 0 bridgehead atoms. The lowest BCUT2D eigenvalue weighted by Gasteiger charge is -2.10. The van der Waals surface area contributed by atoms with E-state index in [-0.39, 0.29) is 5.84 Å². The molecule has 21 heavy (non-hydrogen) atoms. The van der Waals surface area contributed by atoms with Gasteiger partial charge in [0.1, 0.15) is 5.75 Å². The molecule has 2 aromatic rings. The van der Waals surface area contributed by atoms with Crippen LogP contribution in [0.4, 0.5) is 5.69 Å². The van der Waals surface area contributed by atoms with Gasteiger partial charge in [0.2, 0.25) is 0 Å². The van der Waals surface area contributed by atoms with Crippen LogP contribution in [-0.2, 0) is 6.54 Å². The second-order valence-electron chi connectivity index (χ2n) is 4.38. The zero-order valence-electron chi connectivity index (χ0n) is 11.5. The number of hydrogen-bond donors (Lipinski definition) is 3. The molecule has 0 aliphatic rings. The Labute approximate surface area is 128 Å². The van der Waals surface area contributed by atoms with E-state index in [2.05, 4.69) is 10.5 Å². The SMILES string of the molecule is COc1cccc(NCc2ccc(/C(N)=N/O)cc2Cl)c1. The number of nitrogens with one attached hydrogen (secondary N) is 1. The second-order valence-corrected chi connectivity index (χ2v) is 4.78. The third-order valence-corrected chi connectivity index (χ3v) is 3.36. The van der Waals surface area contributed by atoms with Crippen molar-refractivity contribution in [3.63, 3.8) is 0 Å². The minimum atomic E-state index is 0.0317. The van der Waals surface area contributed by atoms with Gasteiger partial charge in [0.05, 0.1) is 7.11 Å². The van der Waals surface area contributed by atoms with Crippen molar-refractivity contribution >= 4 is 23.1 Å². The fourth-order valence-corrected chi connectivity index (χ4v) is 2.09. The van der Waals surface area contributed by atoms with Crippen LogP contribution in [0, 0.1) is 0 Å². The minimum absolute atomic E-state index is 0.0317. The lowest BCUT2D eigenvalue weighted by atomic mass is 10.1. The summed E-state index contributed by atoms with van der Waals surface area (Å²) < 4.78 is 5.17. The van der Waals surface area contributed by atoms with Crippen LogP contribution in [0.3, 0.4) is 0 Å². The molecular weight excluding hydrogens is 290 g/mol. The number of amidine groups is 1. The molecule has 0 radical (unpaired) electrons. The number of nitrogens with zero attached hydrogens (tertiary/aromatic N) is 1. The zero-order chi connectivity index (χ0) is 15.2. The van der Waals surface area contributed by atoms with Crippen LogP contribution in [0.1, 0.15) is 11.1 Å². The molecule has 0 amide bonds. The first-order valence-corrected chi connectivity index (χ1v) is 6.66. The third kappa shape index (κ3) is 3.79. The predicted octanol–water partition coefficient (Wildman–Crippen LogP) is 3.06. The van der Waals surface area contributed by atoms with Crippen molar-refractivity contribution in [2.24, 2.45) is 10.9 Å². The first-order valence-electron chi connectivity index (χ1n) is 6.28. The molecule has 0 saturated heterocycles. The molecule has 2 rings (SSSR count). The van der Waals surface area contributed by atoms with Crippen LogP contribution < -0.4 is 15.8 Å². The van der Waals surface area contributed by atoms with E-state index in [0.29, 0.717) is 17.1 Å². The summed E-state index contributed by atoms with van der Waals surface area (Å²) in [4.78, 5) is 0. The quantitative estimate of drug-likeness (QED) is 0.343. The van der Waals surface area contributed by atoms with E-state index in [1.807, 2.05) is 30.3 Å². The van der Waals surface area contributed by atoms with Crippen molar-refractivity contribution in [3.05, 3.63) is 58.6 Å². The lowest BCUT2D eigenvalue weighted by Crippen LogP contribution is -2.13. The standard InChI is InChI=1S/C15H16ClN3O2/c1-21-13-4-2-3-12(8-13)18-9-11-6-5-10(7-14(11)16)15(17)19-20/h2-8,18,20H,9H2,1H3,(H2,17,19). The predicted molar refractivity (Wildman–Crippen MR) is 84.3 cm³/mol. The molecule has 0 aliphatic heterocycles. The van der Waals surface area contributed by atoms with Crippen molar-refractivity contribution in [2.75, 3.05) is 12.4 Å². The van der Waals surface area contributed by atoms with Crippen molar-refractivity contribution in [2.45, 2.75) is 6.54 Å². The lowest BCUT2D eigenvalue weighted by molar-refractivity contribution is 0.318. The van der Waals surface area contributed by atoms with Gasteiger partial charge in [-0.05, 0) is 23.8 Å². The number of benzene rings is 2. The topological polar surface area (TPSA) is 79.9 Å².